The van der Waals surface area contributed by atoms with Crippen molar-refractivity contribution in [3.05, 3.63) is 0 Å². The van der Waals surface area contributed by atoms with E-state index in [2.05, 4.69) is 13.8 Å². The molecule has 15 heavy (non-hydrogen) atoms. The highest BCUT2D eigenvalue weighted by atomic mass is 16.5. The summed E-state index contributed by atoms with van der Waals surface area (Å²) in [5.74, 6) is 0.708. The zero-order valence-corrected chi connectivity index (χ0v) is 10.1. The molecular formula is C12H25NO2. The molecule has 0 bridgehead atoms. The van der Waals surface area contributed by atoms with Gasteiger partial charge in [0.05, 0.1) is 0 Å². The summed E-state index contributed by atoms with van der Waals surface area (Å²) in [7, 11) is 0. The molecule has 0 aromatic rings. The fraction of sp³-hybridized carbons (Fsp3) is 1.00. The minimum absolute atomic E-state index is 0.218. The molecule has 0 aliphatic carbocycles. The summed E-state index contributed by atoms with van der Waals surface area (Å²) < 4.78 is 11.0. The van der Waals surface area contributed by atoms with Crippen LogP contribution < -0.4 is 5.73 Å². The van der Waals surface area contributed by atoms with Crippen LogP contribution >= 0.6 is 0 Å². The maximum atomic E-state index is 5.70. The van der Waals surface area contributed by atoms with Crippen LogP contribution in [-0.2, 0) is 9.47 Å². The summed E-state index contributed by atoms with van der Waals surface area (Å²) in [4.78, 5) is 0. The second-order valence-electron chi connectivity index (χ2n) is 5.25. The zero-order valence-electron chi connectivity index (χ0n) is 10.1. The van der Waals surface area contributed by atoms with Crippen LogP contribution in [0.15, 0.2) is 0 Å². The monoisotopic (exact) mass is 215 g/mol. The molecule has 0 amide bonds. The molecule has 3 heteroatoms. The van der Waals surface area contributed by atoms with Crippen molar-refractivity contribution in [2.75, 3.05) is 33.0 Å². The van der Waals surface area contributed by atoms with Crippen molar-refractivity contribution in [1.82, 2.24) is 0 Å². The van der Waals surface area contributed by atoms with Crippen LogP contribution in [0.2, 0.25) is 0 Å². The third-order valence-corrected chi connectivity index (χ3v) is 3.17. The van der Waals surface area contributed by atoms with Crippen LogP contribution in [0, 0.1) is 11.3 Å². The number of hydrogen-bond donors (Lipinski definition) is 1. The molecule has 1 saturated heterocycles. The molecule has 0 aromatic carbocycles. The topological polar surface area (TPSA) is 44.5 Å². The van der Waals surface area contributed by atoms with E-state index >= 15 is 0 Å². The Balaban J connectivity index is 2.00. The molecule has 1 heterocycles. The van der Waals surface area contributed by atoms with Gasteiger partial charge in [0.2, 0.25) is 0 Å². The van der Waals surface area contributed by atoms with Crippen LogP contribution in [0.3, 0.4) is 0 Å². The lowest BCUT2D eigenvalue weighted by Crippen LogP contribution is -2.26. The van der Waals surface area contributed by atoms with Crippen LogP contribution in [0.1, 0.15) is 33.1 Å². The van der Waals surface area contributed by atoms with Crippen molar-refractivity contribution in [2.24, 2.45) is 17.1 Å². The first-order valence-electron chi connectivity index (χ1n) is 5.99. The first-order valence-corrected chi connectivity index (χ1v) is 5.99. The summed E-state index contributed by atoms with van der Waals surface area (Å²) in [6.07, 6.45) is 3.35. The predicted octanol–water partition coefficient (Wildman–Crippen LogP) is 1.80. The van der Waals surface area contributed by atoms with Gasteiger partial charge >= 0.3 is 0 Å². The molecular weight excluding hydrogens is 190 g/mol. The Hall–Kier alpha value is -0.120. The maximum absolute atomic E-state index is 5.70. The van der Waals surface area contributed by atoms with E-state index in [1.54, 1.807) is 0 Å². The Kier molecular flexibility index (Phi) is 5.58. The van der Waals surface area contributed by atoms with Gasteiger partial charge in [-0.1, -0.05) is 13.8 Å². The average molecular weight is 215 g/mol. The maximum Gasteiger partial charge on any atom is 0.0495 e. The molecule has 2 N–H and O–H groups in total. The van der Waals surface area contributed by atoms with Gasteiger partial charge in [0.1, 0.15) is 0 Å². The molecule has 3 nitrogen and oxygen atoms in total. The highest BCUT2D eigenvalue weighted by Gasteiger charge is 2.17. The highest BCUT2D eigenvalue weighted by Crippen LogP contribution is 2.19. The fourth-order valence-corrected chi connectivity index (χ4v) is 1.61. The fourth-order valence-electron chi connectivity index (χ4n) is 1.61. The third-order valence-electron chi connectivity index (χ3n) is 3.17. The molecule has 0 radical (unpaired) electrons. The van der Waals surface area contributed by atoms with E-state index in [1.807, 2.05) is 0 Å². The van der Waals surface area contributed by atoms with Gasteiger partial charge in [-0.25, -0.2) is 0 Å². The Morgan fingerprint density at radius 1 is 1.33 bits per heavy atom. The van der Waals surface area contributed by atoms with Gasteiger partial charge in [-0.05, 0) is 37.1 Å². The Morgan fingerprint density at radius 3 is 2.60 bits per heavy atom. The summed E-state index contributed by atoms with van der Waals surface area (Å²) in [5, 5.41) is 0. The number of hydrogen-bond acceptors (Lipinski definition) is 3. The van der Waals surface area contributed by atoms with Crippen molar-refractivity contribution >= 4 is 0 Å². The SMILES string of the molecule is CC(C)(CN)CCOCC1CCOCC1. The zero-order chi connectivity index (χ0) is 11.1. The second-order valence-corrected chi connectivity index (χ2v) is 5.25. The molecule has 1 aliphatic heterocycles. The summed E-state index contributed by atoms with van der Waals surface area (Å²) >= 11 is 0. The minimum Gasteiger partial charge on any atom is -0.381 e. The highest BCUT2D eigenvalue weighted by molar-refractivity contribution is 4.69. The summed E-state index contributed by atoms with van der Waals surface area (Å²) in [6.45, 7) is 8.64. The van der Waals surface area contributed by atoms with E-state index < -0.39 is 0 Å². The molecule has 0 aromatic heterocycles. The molecule has 90 valence electrons. The van der Waals surface area contributed by atoms with E-state index in [4.69, 9.17) is 15.2 Å². The lowest BCUT2D eigenvalue weighted by atomic mass is 9.90. The van der Waals surface area contributed by atoms with Gasteiger partial charge in [0, 0.05) is 26.4 Å². The summed E-state index contributed by atoms with van der Waals surface area (Å²) in [6, 6.07) is 0. The van der Waals surface area contributed by atoms with Crippen molar-refractivity contribution in [2.45, 2.75) is 33.1 Å². The van der Waals surface area contributed by atoms with Gasteiger partial charge in [-0.2, -0.15) is 0 Å². The third kappa shape index (κ3) is 5.50. The summed E-state index contributed by atoms with van der Waals surface area (Å²) in [5.41, 5.74) is 5.88. The Morgan fingerprint density at radius 2 is 2.00 bits per heavy atom. The van der Waals surface area contributed by atoms with Crippen molar-refractivity contribution in [3.63, 3.8) is 0 Å². The number of nitrogens with two attached hydrogens (primary N) is 1. The molecule has 0 spiro atoms. The van der Waals surface area contributed by atoms with Gasteiger partial charge in [-0.15, -0.1) is 0 Å². The van der Waals surface area contributed by atoms with E-state index in [0.717, 1.165) is 52.2 Å². The number of rotatable bonds is 6. The normalized spacial score (nSPS) is 19.4. The molecule has 1 fully saturated rings. The minimum atomic E-state index is 0.218. The van der Waals surface area contributed by atoms with Gasteiger partial charge in [0.15, 0.2) is 0 Å². The van der Waals surface area contributed by atoms with E-state index in [1.165, 1.54) is 0 Å². The smallest absolute Gasteiger partial charge is 0.0495 e. The molecule has 1 rings (SSSR count). The average Bonchev–Trinajstić information content (AvgIpc) is 2.26. The first-order chi connectivity index (χ1) is 7.14. The molecule has 0 saturated carbocycles. The van der Waals surface area contributed by atoms with E-state index in [0.29, 0.717) is 5.92 Å². The van der Waals surface area contributed by atoms with E-state index in [9.17, 15) is 0 Å². The lowest BCUT2D eigenvalue weighted by molar-refractivity contribution is 0.0148. The molecule has 0 unspecified atom stereocenters. The lowest BCUT2D eigenvalue weighted by Gasteiger charge is -2.24. The van der Waals surface area contributed by atoms with Crippen LogP contribution in [0.4, 0.5) is 0 Å². The van der Waals surface area contributed by atoms with Crippen molar-refractivity contribution in [1.29, 1.82) is 0 Å². The van der Waals surface area contributed by atoms with Crippen molar-refractivity contribution < 1.29 is 9.47 Å². The van der Waals surface area contributed by atoms with Crippen LogP contribution in [-0.4, -0.2) is 33.0 Å². The molecule has 1 aliphatic rings. The second kappa shape index (κ2) is 6.46. The van der Waals surface area contributed by atoms with Crippen LogP contribution in [0.25, 0.3) is 0 Å². The standard InChI is InChI=1S/C12H25NO2/c1-12(2,10-13)5-8-15-9-11-3-6-14-7-4-11/h11H,3-10,13H2,1-2H3. The first kappa shape index (κ1) is 12.9. The van der Waals surface area contributed by atoms with Gasteiger partial charge in [-0.3, -0.25) is 0 Å². The van der Waals surface area contributed by atoms with Crippen LogP contribution in [0.5, 0.6) is 0 Å². The predicted molar refractivity (Wildman–Crippen MR) is 61.8 cm³/mol. The molecule has 0 atom stereocenters. The van der Waals surface area contributed by atoms with Crippen molar-refractivity contribution in [3.8, 4) is 0 Å². The largest absolute Gasteiger partial charge is 0.381 e. The van der Waals surface area contributed by atoms with Gasteiger partial charge in [0.25, 0.3) is 0 Å². The Labute approximate surface area is 93.3 Å². The van der Waals surface area contributed by atoms with E-state index in [-0.39, 0.29) is 5.41 Å². The number of ether oxygens (including phenoxy) is 2. The van der Waals surface area contributed by atoms with Gasteiger partial charge < -0.3 is 15.2 Å². The Bertz CT molecular complexity index is 165. The quantitative estimate of drug-likeness (QED) is 0.687.